The smallest absolute Gasteiger partial charge is 0.0234 e. The predicted octanol–water partition coefficient (Wildman–Crippen LogP) is 8.46. The maximum Gasteiger partial charge on any atom is -0.0234 e. The Morgan fingerprint density at radius 1 is 0.545 bits per heavy atom. The van der Waals surface area contributed by atoms with Crippen LogP contribution >= 0.6 is 0 Å². The second-order valence-electron chi connectivity index (χ2n) is 7.09. The van der Waals surface area contributed by atoms with E-state index >= 15 is 0 Å². The summed E-state index contributed by atoms with van der Waals surface area (Å²) in [5, 5.41) is 0. The van der Waals surface area contributed by atoms with E-state index in [4.69, 9.17) is 0 Å². The average Bonchev–Trinajstić information content (AvgIpc) is 2.54. The first-order valence-electron chi connectivity index (χ1n) is 10.5. The molecule has 1 atom stereocenters. The molecule has 0 aliphatic carbocycles. The molecule has 0 aromatic carbocycles. The van der Waals surface area contributed by atoms with Crippen LogP contribution in [0.2, 0.25) is 0 Å². The lowest BCUT2D eigenvalue weighted by molar-refractivity contribution is 0.475. The highest BCUT2D eigenvalue weighted by molar-refractivity contribution is 4.88. The van der Waals surface area contributed by atoms with Crippen molar-refractivity contribution in [2.24, 2.45) is 5.92 Å². The topological polar surface area (TPSA) is 0 Å². The normalized spacial score (nSPS) is 13.0. The summed E-state index contributed by atoms with van der Waals surface area (Å²) >= 11 is 0. The number of allylic oxidation sites excluding steroid dienone is 2. The van der Waals surface area contributed by atoms with Crippen LogP contribution in [-0.4, -0.2) is 0 Å². The van der Waals surface area contributed by atoms with Gasteiger partial charge in [-0.15, -0.1) is 0 Å². The molecule has 0 rings (SSSR count). The van der Waals surface area contributed by atoms with Crippen molar-refractivity contribution in [3.63, 3.8) is 0 Å². The molecule has 0 spiro atoms. The zero-order valence-electron chi connectivity index (χ0n) is 16.0. The van der Waals surface area contributed by atoms with Crippen molar-refractivity contribution in [1.82, 2.24) is 0 Å². The lowest BCUT2D eigenvalue weighted by Crippen LogP contribution is -1.97. The van der Waals surface area contributed by atoms with Crippen LogP contribution in [0.5, 0.6) is 0 Å². The molecule has 0 heteroatoms. The molecule has 0 amide bonds. The fourth-order valence-corrected chi connectivity index (χ4v) is 3.14. The van der Waals surface area contributed by atoms with Crippen LogP contribution in [-0.2, 0) is 0 Å². The summed E-state index contributed by atoms with van der Waals surface area (Å²) < 4.78 is 0. The van der Waals surface area contributed by atoms with E-state index in [0.717, 1.165) is 5.92 Å². The molecule has 0 heterocycles. The zero-order chi connectivity index (χ0) is 16.3. The Morgan fingerprint density at radius 3 is 1.68 bits per heavy atom. The lowest BCUT2D eigenvalue weighted by Gasteiger charge is -2.12. The van der Waals surface area contributed by atoms with Gasteiger partial charge in [-0.25, -0.2) is 0 Å². The van der Waals surface area contributed by atoms with Crippen LogP contribution in [0.25, 0.3) is 0 Å². The standard InChI is InChI=1S/C22H44/c1-4-7-10-12-13-14-16-18-21-22(19-9-6-3)20-17-15-11-8-5-2/h17,20,22H,4-16,18-19,21H2,1-3H3/b20-17+. The highest BCUT2D eigenvalue weighted by atomic mass is 14.1. The molecule has 0 aromatic rings. The van der Waals surface area contributed by atoms with Crippen LogP contribution in [0.4, 0.5) is 0 Å². The van der Waals surface area contributed by atoms with Gasteiger partial charge in [-0.1, -0.05) is 110 Å². The van der Waals surface area contributed by atoms with Gasteiger partial charge in [-0.05, 0) is 31.6 Å². The molecule has 0 fully saturated rings. The Bertz CT molecular complexity index is 216. The van der Waals surface area contributed by atoms with Crippen molar-refractivity contribution in [2.75, 3.05) is 0 Å². The molecule has 0 saturated heterocycles. The summed E-state index contributed by atoms with van der Waals surface area (Å²) in [6, 6.07) is 0. The minimum Gasteiger partial charge on any atom is -0.0883 e. The van der Waals surface area contributed by atoms with Gasteiger partial charge in [0.1, 0.15) is 0 Å². The molecular weight excluding hydrogens is 264 g/mol. The number of hydrogen-bond donors (Lipinski definition) is 0. The van der Waals surface area contributed by atoms with Gasteiger partial charge in [0.05, 0.1) is 0 Å². The lowest BCUT2D eigenvalue weighted by atomic mass is 9.94. The maximum atomic E-state index is 2.55. The minimum absolute atomic E-state index is 0.863. The molecule has 0 aromatic heterocycles. The van der Waals surface area contributed by atoms with Gasteiger partial charge >= 0.3 is 0 Å². The van der Waals surface area contributed by atoms with Crippen molar-refractivity contribution in [1.29, 1.82) is 0 Å². The van der Waals surface area contributed by atoms with Crippen molar-refractivity contribution < 1.29 is 0 Å². The van der Waals surface area contributed by atoms with Crippen molar-refractivity contribution in [3.8, 4) is 0 Å². The molecule has 22 heavy (non-hydrogen) atoms. The molecule has 0 bridgehead atoms. The van der Waals surface area contributed by atoms with Gasteiger partial charge in [0.15, 0.2) is 0 Å². The van der Waals surface area contributed by atoms with E-state index in [1.807, 2.05) is 0 Å². The second-order valence-corrected chi connectivity index (χ2v) is 7.09. The third kappa shape index (κ3) is 16.1. The Hall–Kier alpha value is -0.260. The van der Waals surface area contributed by atoms with Crippen molar-refractivity contribution in [2.45, 2.75) is 124 Å². The van der Waals surface area contributed by atoms with E-state index in [-0.39, 0.29) is 0 Å². The van der Waals surface area contributed by atoms with Gasteiger partial charge < -0.3 is 0 Å². The zero-order valence-corrected chi connectivity index (χ0v) is 16.0. The Labute approximate surface area is 142 Å². The van der Waals surface area contributed by atoms with Gasteiger partial charge in [0, 0.05) is 0 Å². The Morgan fingerprint density at radius 2 is 1.05 bits per heavy atom. The Balaban J connectivity index is 3.66. The van der Waals surface area contributed by atoms with Crippen molar-refractivity contribution in [3.05, 3.63) is 12.2 Å². The van der Waals surface area contributed by atoms with E-state index in [9.17, 15) is 0 Å². The van der Waals surface area contributed by atoms with Crippen LogP contribution < -0.4 is 0 Å². The molecule has 0 saturated carbocycles. The summed E-state index contributed by atoms with van der Waals surface area (Å²) in [7, 11) is 0. The number of unbranched alkanes of at least 4 members (excludes halogenated alkanes) is 11. The molecule has 0 nitrogen and oxygen atoms in total. The molecule has 132 valence electrons. The number of rotatable bonds is 17. The first kappa shape index (κ1) is 21.7. The quantitative estimate of drug-likeness (QED) is 0.187. The van der Waals surface area contributed by atoms with Crippen LogP contribution in [0, 0.1) is 5.92 Å². The fourth-order valence-electron chi connectivity index (χ4n) is 3.14. The molecule has 0 N–H and O–H groups in total. The van der Waals surface area contributed by atoms with Gasteiger partial charge in [-0.3, -0.25) is 0 Å². The third-order valence-electron chi connectivity index (χ3n) is 4.74. The highest BCUT2D eigenvalue weighted by Gasteiger charge is 2.04. The molecular formula is C22H44. The first-order valence-corrected chi connectivity index (χ1v) is 10.5. The first-order chi connectivity index (χ1) is 10.8. The van der Waals surface area contributed by atoms with Crippen LogP contribution in [0.1, 0.15) is 124 Å². The average molecular weight is 309 g/mol. The monoisotopic (exact) mass is 308 g/mol. The summed E-state index contributed by atoms with van der Waals surface area (Å²) in [6.45, 7) is 6.90. The summed E-state index contributed by atoms with van der Waals surface area (Å²) in [5.74, 6) is 0.863. The van der Waals surface area contributed by atoms with Crippen molar-refractivity contribution >= 4 is 0 Å². The maximum absolute atomic E-state index is 2.55. The molecule has 0 aliphatic rings. The van der Waals surface area contributed by atoms with Crippen LogP contribution in [0.3, 0.4) is 0 Å². The van der Waals surface area contributed by atoms with E-state index < -0.39 is 0 Å². The molecule has 0 radical (unpaired) electrons. The van der Waals surface area contributed by atoms with Gasteiger partial charge in [-0.2, -0.15) is 0 Å². The van der Waals surface area contributed by atoms with E-state index in [1.165, 1.54) is 103 Å². The van der Waals surface area contributed by atoms with Gasteiger partial charge in [0.25, 0.3) is 0 Å². The SMILES string of the molecule is CCCCC/C=C/C(CCCC)CCCCCCCCCC. The second kappa shape index (κ2) is 18.8. The fraction of sp³-hybridized carbons (Fsp3) is 0.909. The molecule has 1 unspecified atom stereocenters. The van der Waals surface area contributed by atoms with Gasteiger partial charge in [0.2, 0.25) is 0 Å². The predicted molar refractivity (Wildman–Crippen MR) is 104 cm³/mol. The summed E-state index contributed by atoms with van der Waals surface area (Å²) in [5.41, 5.74) is 0. The van der Waals surface area contributed by atoms with E-state index in [1.54, 1.807) is 0 Å². The summed E-state index contributed by atoms with van der Waals surface area (Å²) in [4.78, 5) is 0. The van der Waals surface area contributed by atoms with E-state index in [2.05, 4.69) is 32.9 Å². The van der Waals surface area contributed by atoms with E-state index in [0.29, 0.717) is 0 Å². The highest BCUT2D eigenvalue weighted by Crippen LogP contribution is 2.20. The summed E-state index contributed by atoms with van der Waals surface area (Å²) in [6.07, 6.45) is 27.6. The molecule has 0 aliphatic heterocycles. The Kier molecular flexibility index (Phi) is 18.6. The largest absolute Gasteiger partial charge is 0.0883 e. The third-order valence-corrected chi connectivity index (χ3v) is 4.74. The van der Waals surface area contributed by atoms with Crippen LogP contribution in [0.15, 0.2) is 12.2 Å². The number of hydrogen-bond acceptors (Lipinski definition) is 0. The minimum atomic E-state index is 0.863.